The van der Waals surface area contributed by atoms with E-state index in [-0.39, 0.29) is 12.0 Å². The van der Waals surface area contributed by atoms with E-state index in [0.29, 0.717) is 13.1 Å². The van der Waals surface area contributed by atoms with Crippen LogP contribution in [0, 0.1) is 0 Å². The Hall–Kier alpha value is -0.810. The minimum absolute atomic E-state index is 0.115. The van der Waals surface area contributed by atoms with Crippen molar-refractivity contribution in [3.8, 4) is 0 Å². The fraction of sp³-hybridized carbons (Fsp3) is 0.667. The molecular formula is C12H17F3N2. The van der Waals surface area contributed by atoms with Crippen LogP contribution in [0.4, 0.5) is 13.2 Å². The highest BCUT2D eigenvalue weighted by Crippen LogP contribution is 2.30. The molecule has 2 heterocycles. The van der Waals surface area contributed by atoms with Crippen LogP contribution in [0.1, 0.15) is 13.3 Å². The molecule has 17 heavy (non-hydrogen) atoms. The number of nitrogens with zero attached hydrogens (tertiary/aromatic N) is 1. The van der Waals surface area contributed by atoms with Crippen molar-refractivity contribution < 1.29 is 13.2 Å². The summed E-state index contributed by atoms with van der Waals surface area (Å²) in [5.74, 6) is 0. The first kappa shape index (κ1) is 12.6. The molecule has 0 unspecified atom stereocenters. The van der Waals surface area contributed by atoms with Crippen molar-refractivity contribution in [3.05, 3.63) is 22.8 Å². The molecule has 2 aliphatic rings. The molecule has 0 aliphatic carbocycles. The Morgan fingerprint density at radius 3 is 2.53 bits per heavy atom. The molecule has 0 aromatic carbocycles. The van der Waals surface area contributed by atoms with Crippen molar-refractivity contribution in [1.29, 1.82) is 0 Å². The summed E-state index contributed by atoms with van der Waals surface area (Å²) in [6, 6.07) is 0. The number of halogens is 3. The molecule has 2 aliphatic heterocycles. The number of alkyl halides is 3. The van der Waals surface area contributed by atoms with Crippen LogP contribution < -0.4 is 5.32 Å². The van der Waals surface area contributed by atoms with Gasteiger partial charge >= 0.3 is 6.18 Å². The van der Waals surface area contributed by atoms with Crippen LogP contribution in [0.5, 0.6) is 0 Å². The van der Waals surface area contributed by atoms with Gasteiger partial charge in [0.15, 0.2) is 0 Å². The van der Waals surface area contributed by atoms with Crippen molar-refractivity contribution >= 4 is 0 Å². The Bertz CT molecular complexity index is 349. The summed E-state index contributed by atoms with van der Waals surface area (Å²) >= 11 is 0. The van der Waals surface area contributed by atoms with Gasteiger partial charge in [0.1, 0.15) is 0 Å². The zero-order chi connectivity index (χ0) is 12.5. The van der Waals surface area contributed by atoms with E-state index in [4.69, 9.17) is 0 Å². The van der Waals surface area contributed by atoms with Crippen molar-refractivity contribution in [3.63, 3.8) is 0 Å². The Kier molecular flexibility index (Phi) is 3.58. The first-order valence-corrected chi connectivity index (χ1v) is 5.83. The zero-order valence-electron chi connectivity index (χ0n) is 9.90. The number of hydrogen-bond acceptors (Lipinski definition) is 2. The smallest absolute Gasteiger partial charge is 0.309 e. The quantitative estimate of drug-likeness (QED) is 0.751. The number of hydrogen-bond donors (Lipinski definition) is 1. The second kappa shape index (κ2) is 4.82. The molecule has 0 amide bonds. The van der Waals surface area contributed by atoms with Crippen molar-refractivity contribution in [2.24, 2.45) is 0 Å². The maximum absolute atomic E-state index is 12.4. The lowest BCUT2D eigenvalue weighted by molar-refractivity contribution is -0.0959. The highest BCUT2D eigenvalue weighted by Gasteiger charge is 2.34. The van der Waals surface area contributed by atoms with E-state index in [0.717, 1.165) is 19.6 Å². The topological polar surface area (TPSA) is 15.3 Å². The maximum atomic E-state index is 12.4. The van der Waals surface area contributed by atoms with E-state index in [9.17, 15) is 13.2 Å². The average Bonchev–Trinajstić information content (AvgIpc) is 2.13. The molecule has 5 heteroatoms. The first-order valence-electron chi connectivity index (χ1n) is 5.83. The minimum atomic E-state index is -4.14. The van der Waals surface area contributed by atoms with Gasteiger partial charge in [0, 0.05) is 38.3 Å². The third-order valence-electron chi connectivity index (χ3n) is 3.40. The van der Waals surface area contributed by atoms with Gasteiger partial charge in [-0.1, -0.05) is 11.6 Å². The molecule has 1 N–H and O–H groups in total. The largest absolute Gasteiger partial charge is 0.412 e. The van der Waals surface area contributed by atoms with Crippen LogP contribution in [-0.2, 0) is 0 Å². The lowest BCUT2D eigenvalue weighted by atomic mass is 10.0. The second-order valence-corrected chi connectivity index (χ2v) is 4.70. The summed E-state index contributed by atoms with van der Waals surface area (Å²) in [4.78, 5) is 2.07. The summed E-state index contributed by atoms with van der Waals surface area (Å²) in [5.41, 5.74) is 2.33. The van der Waals surface area contributed by atoms with Gasteiger partial charge in [-0.2, -0.15) is 13.2 Å². The predicted molar refractivity (Wildman–Crippen MR) is 60.8 cm³/mol. The van der Waals surface area contributed by atoms with Crippen molar-refractivity contribution in [1.82, 2.24) is 10.2 Å². The average molecular weight is 246 g/mol. The molecule has 1 saturated heterocycles. The molecule has 1 fully saturated rings. The third-order valence-corrected chi connectivity index (χ3v) is 3.40. The Morgan fingerprint density at radius 2 is 2.12 bits per heavy atom. The van der Waals surface area contributed by atoms with Gasteiger partial charge in [0.2, 0.25) is 0 Å². The predicted octanol–water partition coefficient (Wildman–Crippen LogP) is 2.10. The van der Waals surface area contributed by atoms with E-state index >= 15 is 0 Å². The van der Waals surface area contributed by atoms with Gasteiger partial charge < -0.3 is 5.32 Å². The summed E-state index contributed by atoms with van der Waals surface area (Å²) in [6.07, 6.45) is -2.71. The molecule has 2 rings (SSSR count). The lowest BCUT2D eigenvalue weighted by Gasteiger charge is -2.30. The Labute approximate surface area is 99.2 Å². The highest BCUT2D eigenvalue weighted by atomic mass is 19.4. The van der Waals surface area contributed by atoms with E-state index < -0.39 is 6.18 Å². The van der Waals surface area contributed by atoms with Gasteiger partial charge in [-0.3, -0.25) is 4.90 Å². The maximum Gasteiger partial charge on any atom is 0.412 e. The van der Waals surface area contributed by atoms with Crippen LogP contribution in [0.25, 0.3) is 0 Å². The van der Waals surface area contributed by atoms with Crippen LogP contribution in [0.3, 0.4) is 0 Å². The third kappa shape index (κ3) is 3.10. The standard InChI is InChI=1S/C12H17F3N2/c1-9(10-6-16-7-10)8-17-4-2-11(3-5-17)12(13,14)15/h2,16H,3-8H2,1H3. The van der Waals surface area contributed by atoms with E-state index in [1.54, 1.807) is 0 Å². The number of nitrogens with one attached hydrogen (secondary N) is 1. The minimum Gasteiger partial charge on any atom is -0.309 e. The summed E-state index contributed by atoms with van der Waals surface area (Å²) in [6.45, 7) is 5.64. The highest BCUT2D eigenvalue weighted by molar-refractivity contribution is 5.23. The Morgan fingerprint density at radius 1 is 1.41 bits per heavy atom. The van der Waals surface area contributed by atoms with Gasteiger partial charge in [0.05, 0.1) is 0 Å². The van der Waals surface area contributed by atoms with Crippen LogP contribution in [0.15, 0.2) is 22.8 Å². The zero-order valence-corrected chi connectivity index (χ0v) is 9.90. The molecule has 0 atom stereocenters. The summed E-state index contributed by atoms with van der Waals surface area (Å²) in [7, 11) is 0. The van der Waals surface area contributed by atoms with Crippen molar-refractivity contribution in [2.45, 2.75) is 19.5 Å². The second-order valence-electron chi connectivity index (χ2n) is 4.70. The molecular weight excluding hydrogens is 229 g/mol. The molecule has 0 bridgehead atoms. The molecule has 0 aromatic rings. The fourth-order valence-electron chi connectivity index (χ4n) is 2.11. The van der Waals surface area contributed by atoms with E-state index in [2.05, 4.69) is 17.1 Å². The molecule has 0 spiro atoms. The normalized spacial score (nSPS) is 22.1. The number of rotatable bonds is 2. The van der Waals surface area contributed by atoms with E-state index in [1.165, 1.54) is 17.2 Å². The van der Waals surface area contributed by atoms with Crippen molar-refractivity contribution in [2.75, 3.05) is 32.7 Å². The molecule has 0 saturated carbocycles. The van der Waals surface area contributed by atoms with Crippen LogP contribution in [0.2, 0.25) is 0 Å². The summed E-state index contributed by atoms with van der Waals surface area (Å²) in [5, 5.41) is 3.17. The van der Waals surface area contributed by atoms with Gasteiger partial charge in [-0.25, -0.2) is 0 Å². The lowest BCUT2D eigenvalue weighted by Crippen LogP contribution is -2.38. The van der Waals surface area contributed by atoms with E-state index in [1.807, 2.05) is 0 Å². The van der Waals surface area contributed by atoms with Crippen LogP contribution >= 0.6 is 0 Å². The monoisotopic (exact) mass is 246 g/mol. The fourth-order valence-corrected chi connectivity index (χ4v) is 2.11. The van der Waals surface area contributed by atoms with Gasteiger partial charge in [-0.15, -0.1) is 0 Å². The SMILES string of the molecule is CC(CN1CC=C(C(F)(F)F)CC1)=C1CNC1. The molecule has 96 valence electrons. The van der Waals surface area contributed by atoms with Gasteiger partial charge in [0.25, 0.3) is 0 Å². The molecule has 0 radical (unpaired) electrons. The molecule has 0 aromatic heterocycles. The first-order chi connectivity index (χ1) is 7.97. The molecule has 2 nitrogen and oxygen atoms in total. The Balaban J connectivity index is 1.89. The van der Waals surface area contributed by atoms with Crippen LogP contribution in [-0.4, -0.2) is 43.8 Å². The summed E-state index contributed by atoms with van der Waals surface area (Å²) < 4.78 is 37.3. The van der Waals surface area contributed by atoms with Gasteiger partial charge in [-0.05, 0) is 18.9 Å².